The van der Waals surface area contributed by atoms with Gasteiger partial charge in [0.25, 0.3) is 5.91 Å². The van der Waals surface area contributed by atoms with Crippen LogP contribution in [0.4, 0.5) is 5.69 Å². The summed E-state index contributed by atoms with van der Waals surface area (Å²) in [6, 6.07) is 11.9. The van der Waals surface area contributed by atoms with Gasteiger partial charge in [-0.3, -0.25) is 9.59 Å². The van der Waals surface area contributed by atoms with E-state index in [0.717, 1.165) is 4.47 Å². The van der Waals surface area contributed by atoms with Gasteiger partial charge in [0.15, 0.2) is 6.61 Å². The zero-order chi connectivity index (χ0) is 17.5. The fraction of sp³-hybridized carbons (Fsp3) is 0.125. The van der Waals surface area contributed by atoms with Crippen molar-refractivity contribution in [1.82, 2.24) is 5.32 Å². The highest BCUT2D eigenvalue weighted by Gasteiger charge is 2.09. The second-order valence-electron chi connectivity index (χ2n) is 4.67. The molecule has 0 aromatic heterocycles. The molecule has 0 aliphatic rings. The molecule has 2 aromatic rings. The number of para-hydroxylation sites is 1. The first-order valence-electron chi connectivity index (χ1n) is 6.84. The molecule has 0 saturated carbocycles. The molecule has 0 radical (unpaired) electrons. The third-order valence-corrected chi connectivity index (χ3v) is 4.08. The minimum absolute atomic E-state index is 0.174. The highest BCUT2D eigenvalue weighted by atomic mass is 79.9. The third kappa shape index (κ3) is 5.70. The van der Waals surface area contributed by atoms with Crippen LogP contribution >= 0.6 is 39.1 Å². The number of hydrogen-bond donors (Lipinski definition) is 2. The number of carbonyl (C=O) groups is 2. The van der Waals surface area contributed by atoms with Crippen LogP contribution in [0, 0.1) is 0 Å². The molecule has 2 amide bonds. The Bertz CT molecular complexity index is 756. The predicted molar refractivity (Wildman–Crippen MR) is 97.7 cm³/mol. The molecular weight excluding hydrogens is 419 g/mol. The molecule has 0 heterocycles. The second kappa shape index (κ2) is 8.92. The molecule has 2 N–H and O–H groups in total. The Labute approximate surface area is 157 Å². The van der Waals surface area contributed by atoms with E-state index in [9.17, 15) is 9.59 Å². The number of anilines is 1. The molecule has 0 unspecified atom stereocenters. The van der Waals surface area contributed by atoms with Gasteiger partial charge in [-0.25, -0.2) is 0 Å². The third-order valence-electron chi connectivity index (χ3n) is 2.85. The Balaban J connectivity index is 1.77. The van der Waals surface area contributed by atoms with Crippen molar-refractivity contribution in [3.63, 3.8) is 0 Å². The smallest absolute Gasteiger partial charge is 0.258 e. The number of halogens is 3. The van der Waals surface area contributed by atoms with E-state index in [2.05, 4.69) is 26.6 Å². The first-order chi connectivity index (χ1) is 11.5. The SMILES string of the molecule is O=C(COc1cc(Cl)ccc1Cl)NCC(=O)Nc1ccccc1Br. The van der Waals surface area contributed by atoms with Crippen molar-refractivity contribution in [2.75, 3.05) is 18.5 Å². The van der Waals surface area contributed by atoms with Crippen molar-refractivity contribution < 1.29 is 14.3 Å². The minimum atomic E-state index is -0.451. The van der Waals surface area contributed by atoms with Crippen molar-refractivity contribution >= 4 is 56.6 Å². The molecule has 8 heteroatoms. The van der Waals surface area contributed by atoms with Crippen LogP contribution in [0.25, 0.3) is 0 Å². The van der Waals surface area contributed by atoms with Gasteiger partial charge in [-0.2, -0.15) is 0 Å². The van der Waals surface area contributed by atoms with Crippen molar-refractivity contribution in [2.24, 2.45) is 0 Å². The number of carbonyl (C=O) groups excluding carboxylic acids is 2. The summed E-state index contributed by atoms with van der Waals surface area (Å²) in [5.74, 6) is -0.499. The molecule has 0 spiro atoms. The molecule has 2 rings (SSSR count). The van der Waals surface area contributed by atoms with Crippen LogP contribution in [0.15, 0.2) is 46.9 Å². The average molecular weight is 432 g/mol. The standard InChI is InChI=1S/C16H13BrCl2N2O3/c17-11-3-1-2-4-13(11)21-15(22)8-20-16(23)9-24-14-7-10(18)5-6-12(14)19/h1-7H,8-9H2,(H,20,23)(H,21,22). The molecule has 126 valence electrons. The molecular formula is C16H13BrCl2N2O3. The lowest BCUT2D eigenvalue weighted by Crippen LogP contribution is -2.35. The number of ether oxygens (including phenoxy) is 1. The fourth-order valence-corrected chi connectivity index (χ4v) is 2.44. The normalized spacial score (nSPS) is 10.1. The van der Waals surface area contributed by atoms with Gasteiger partial charge in [-0.05, 0) is 40.2 Å². The maximum absolute atomic E-state index is 11.8. The maximum Gasteiger partial charge on any atom is 0.258 e. The molecule has 0 aliphatic heterocycles. The lowest BCUT2D eigenvalue weighted by atomic mass is 10.3. The van der Waals surface area contributed by atoms with Crippen LogP contribution in [-0.4, -0.2) is 25.0 Å². The van der Waals surface area contributed by atoms with Crippen LogP contribution in [-0.2, 0) is 9.59 Å². The summed E-state index contributed by atoms with van der Waals surface area (Å²) in [5.41, 5.74) is 0.624. The van der Waals surface area contributed by atoms with Gasteiger partial charge in [0.2, 0.25) is 5.91 Å². The van der Waals surface area contributed by atoms with Crippen LogP contribution < -0.4 is 15.4 Å². The summed E-state index contributed by atoms with van der Waals surface area (Å²) in [7, 11) is 0. The maximum atomic E-state index is 11.8. The Morgan fingerprint density at radius 2 is 1.83 bits per heavy atom. The number of hydrogen-bond acceptors (Lipinski definition) is 3. The molecule has 2 aromatic carbocycles. The second-order valence-corrected chi connectivity index (χ2v) is 6.37. The van der Waals surface area contributed by atoms with E-state index in [0.29, 0.717) is 21.5 Å². The summed E-state index contributed by atoms with van der Waals surface area (Å²) >= 11 is 15.1. The van der Waals surface area contributed by atoms with Gasteiger partial charge in [0.1, 0.15) is 5.75 Å². The Hall–Kier alpha value is -1.76. The van der Waals surface area contributed by atoms with Crippen molar-refractivity contribution in [3.05, 3.63) is 57.0 Å². The molecule has 0 saturated heterocycles. The highest BCUT2D eigenvalue weighted by Crippen LogP contribution is 2.27. The van der Waals surface area contributed by atoms with E-state index < -0.39 is 5.91 Å². The molecule has 0 bridgehead atoms. The van der Waals surface area contributed by atoms with Gasteiger partial charge in [0.05, 0.1) is 17.3 Å². The van der Waals surface area contributed by atoms with E-state index >= 15 is 0 Å². The van der Waals surface area contributed by atoms with Gasteiger partial charge >= 0.3 is 0 Å². The van der Waals surface area contributed by atoms with Gasteiger partial charge in [0, 0.05) is 15.6 Å². The largest absolute Gasteiger partial charge is 0.482 e. The first kappa shape index (κ1) is 18.6. The van der Waals surface area contributed by atoms with E-state index in [1.165, 1.54) is 6.07 Å². The Morgan fingerprint density at radius 3 is 2.58 bits per heavy atom. The summed E-state index contributed by atoms with van der Waals surface area (Å²) in [6.07, 6.45) is 0. The van der Waals surface area contributed by atoms with E-state index in [4.69, 9.17) is 27.9 Å². The lowest BCUT2D eigenvalue weighted by molar-refractivity contribution is -0.125. The van der Waals surface area contributed by atoms with Gasteiger partial charge in [-0.1, -0.05) is 35.3 Å². The van der Waals surface area contributed by atoms with E-state index in [1.807, 2.05) is 6.07 Å². The van der Waals surface area contributed by atoms with Gasteiger partial charge in [-0.15, -0.1) is 0 Å². The molecule has 0 aliphatic carbocycles. The summed E-state index contributed by atoms with van der Waals surface area (Å²) < 4.78 is 6.03. The summed E-state index contributed by atoms with van der Waals surface area (Å²) in [5, 5.41) is 5.93. The predicted octanol–water partition coefficient (Wildman–Crippen LogP) is 3.89. The van der Waals surface area contributed by atoms with Crippen LogP contribution in [0.1, 0.15) is 0 Å². The number of amides is 2. The van der Waals surface area contributed by atoms with Crippen LogP contribution in [0.3, 0.4) is 0 Å². The van der Waals surface area contributed by atoms with Crippen molar-refractivity contribution in [2.45, 2.75) is 0 Å². The molecule has 0 atom stereocenters. The van der Waals surface area contributed by atoms with Crippen LogP contribution in [0.2, 0.25) is 10.0 Å². The lowest BCUT2D eigenvalue weighted by Gasteiger charge is -2.10. The average Bonchev–Trinajstić information content (AvgIpc) is 2.56. The van der Waals surface area contributed by atoms with E-state index in [1.54, 1.807) is 30.3 Å². The minimum Gasteiger partial charge on any atom is -0.482 e. The number of rotatable bonds is 6. The van der Waals surface area contributed by atoms with Crippen LogP contribution in [0.5, 0.6) is 5.75 Å². The van der Waals surface area contributed by atoms with Gasteiger partial charge < -0.3 is 15.4 Å². The molecule has 0 fully saturated rings. The Kier molecular flexibility index (Phi) is 6.90. The first-order valence-corrected chi connectivity index (χ1v) is 8.39. The quantitative estimate of drug-likeness (QED) is 0.728. The zero-order valence-corrected chi connectivity index (χ0v) is 15.4. The van der Waals surface area contributed by atoms with E-state index in [-0.39, 0.29) is 19.1 Å². The van der Waals surface area contributed by atoms with Crippen molar-refractivity contribution in [3.8, 4) is 5.75 Å². The monoisotopic (exact) mass is 430 g/mol. The zero-order valence-electron chi connectivity index (χ0n) is 12.3. The number of nitrogens with one attached hydrogen (secondary N) is 2. The number of benzene rings is 2. The topological polar surface area (TPSA) is 67.4 Å². The van der Waals surface area contributed by atoms with Crippen molar-refractivity contribution in [1.29, 1.82) is 0 Å². The summed E-state index contributed by atoms with van der Waals surface area (Å²) in [6.45, 7) is -0.449. The molecule has 5 nitrogen and oxygen atoms in total. The highest BCUT2D eigenvalue weighted by molar-refractivity contribution is 9.10. The molecule has 24 heavy (non-hydrogen) atoms. The Morgan fingerprint density at radius 1 is 1.08 bits per heavy atom. The summed E-state index contributed by atoms with van der Waals surface area (Å²) in [4.78, 5) is 23.6. The fourth-order valence-electron chi connectivity index (χ4n) is 1.72.